The van der Waals surface area contributed by atoms with Gasteiger partial charge in [-0.15, -0.1) is 0 Å². The van der Waals surface area contributed by atoms with Crippen LogP contribution in [-0.2, 0) is 6.54 Å². The van der Waals surface area contributed by atoms with Gasteiger partial charge in [0.25, 0.3) is 0 Å². The highest BCUT2D eigenvalue weighted by molar-refractivity contribution is 5.43. The Kier molecular flexibility index (Phi) is 4.33. The molecule has 1 aromatic carbocycles. The molecule has 0 spiro atoms. The van der Waals surface area contributed by atoms with Crippen LogP contribution >= 0.6 is 0 Å². The summed E-state index contributed by atoms with van der Waals surface area (Å²) >= 11 is 0. The van der Waals surface area contributed by atoms with Gasteiger partial charge in [0.2, 0.25) is 0 Å². The molecule has 1 N–H and O–H groups in total. The third kappa shape index (κ3) is 2.98. The lowest BCUT2D eigenvalue weighted by Gasteiger charge is -2.15. The van der Waals surface area contributed by atoms with E-state index in [1.54, 1.807) is 6.92 Å². The van der Waals surface area contributed by atoms with Gasteiger partial charge in [0.1, 0.15) is 11.8 Å². The van der Waals surface area contributed by atoms with Crippen LogP contribution in [0, 0.1) is 25.2 Å². The lowest BCUT2D eigenvalue weighted by molar-refractivity contribution is 0.272. The Balaban J connectivity index is 2.99. The Morgan fingerprint density at radius 1 is 1.38 bits per heavy atom. The molecule has 0 aromatic heterocycles. The Morgan fingerprint density at radius 2 is 1.94 bits per heavy atom. The summed E-state index contributed by atoms with van der Waals surface area (Å²) in [6.07, 6.45) is -0.410. The van der Waals surface area contributed by atoms with Crippen LogP contribution in [0.4, 0.5) is 0 Å². The van der Waals surface area contributed by atoms with Gasteiger partial charge in [0, 0.05) is 6.54 Å². The fraction of sp³-hybridized carbons (Fsp3) is 0.462. The van der Waals surface area contributed by atoms with Gasteiger partial charge in [0.15, 0.2) is 6.10 Å². The molecule has 86 valence electrons. The van der Waals surface area contributed by atoms with E-state index in [1.807, 2.05) is 20.9 Å². The van der Waals surface area contributed by atoms with Gasteiger partial charge in [-0.1, -0.05) is 12.1 Å². The molecule has 3 nitrogen and oxygen atoms in total. The van der Waals surface area contributed by atoms with Crippen LogP contribution in [0.1, 0.15) is 23.6 Å². The zero-order valence-electron chi connectivity index (χ0n) is 10.3. The molecule has 0 fully saturated rings. The van der Waals surface area contributed by atoms with Crippen molar-refractivity contribution in [1.82, 2.24) is 5.32 Å². The van der Waals surface area contributed by atoms with E-state index in [0.29, 0.717) is 0 Å². The predicted octanol–water partition coefficient (Wildman–Crippen LogP) is 2.31. The van der Waals surface area contributed by atoms with Crippen molar-refractivity contribution in [3.8, 4) is 11.8 Å². The van der Waals surface area contributed by atoms with Crippen LogP contribution in [0.3, 0.4) is 0 Å². The van der Waals surface area contributed by atoms with Gasteiger partial charge in [-0.25, -0.2) is 0 Å². The fourth-order valence-corrected chi connectivity index (χ4v) is 1.74. The number of benzene rings is 1. The van der Waals surface area contributed by atoms with Crippen LogP contribution in [0.2, 0.25) is 0 Å². The Morgan fingerprint density at radius 3 is 2.38 bits per heavy atom. The summed E-state index contributed by atoms with van der Waals surface area (Å²) in [5, 5.41) is 11.8. The van der Waals surface area contributed by atoms with E-state index in [2.05, 4.69) is 23.5 Å². The minimum atomic E-state index is -0.410. The van der Waals surface area contributed by atoms with Gasteiger partial charge >= 0.3 is 0 Å². The Labute approximate surface area is 97.0 Å². The number of aryl methyl sites for hydroxylation is 2. The standard InChI is InChI=1S/C13H18N2O/c1-9-5-12(8-15-4)6-10(2)13(9)16-11(3)7-14/h5-6,11,15H,8H2,1-4H3. The van der Waals surface area contributed by atoms with E-state index in [-0.39, 0.29) is 0 Å². The van der Waals surface area contributed by atoms with Crippen molar-refractivity contribution in [3.05, 3.63) is 28.8 Å². The Hall–Kier alpha value is -1.53. The second-order valence-corrected chi connectivity index (χ2v) is 3.98. The second kappa shape index (κ2) is 5.53. The molecule has 1 rings (SSSR count). The molecule has 0 bridgehead atoms. The first-order valence-corrected chi connectivity index (χ1v) is 5.39. The maximum atomic E-state index is 8.73. The van der Waals surface area contributed by atoms with Crippen LogP contribution in [0.15, 0.2) is 12.1 Å². The van der Waals surface area contributed by atoms with Gasteiger partial charge in [-0.05, 0) is 44.5 Å². The molecule has 0 heterocycles. The highest BCUT2D eigenvalue weighted by Crippen LogP contribution is 2.25. The summed E-state index contributed by atoms with van der Waals surface area (Å²) in [7, 11) is 1.92. The molecular weight excluding hydrogens is 200 g/mol. The van der Waals surface area contributed by atoms with E-state index in [0.717, 1.165) is 23.4 Å². The summed E-state index contributed by atoms with van der Waals surface area (Å²) in [5.74, 6) is 0.828. The molecule has 3 heteroatoms. The van der Waals surface area contributed by atoms with Crippen LogP contribution in [-0.4, -0.2) is 13.2 Å². The topological polar surface area (TPSA) is 45.0 Å². The van der Waals surface area contributed by atoms with Crippen molar-refractivity contribution in [2.45, 2.75) is 33.4 Å². The van der Waals surface area contributed by atoms with Crippen LogP contribution in [0.25, 0.3) is 0 Å². The first kappa shape index (κ1) is 12.5. The molecule has 16 heavy (non-hydrogen) atoms. The lowest BCUT2D eigenvalue weighted by atomic mass is 10.1. The molecular formula is C13H18N2O. The van der Waals surface area contributed by atoms with Crippen molar-refractivity contribution in [2.24, 2.45) is 0 Å². The third-order valence-electron chi connectivity index (χ3n) is 2.38. The number of hydrogen-bond acceptors (Lipinski definition) is 3. The SMILES string of the molecule is CNCc1cc(C)c(OC(C)C#N)c(C)c1. The molecule has 0 saturated heterocycles. The maximum absolute atomic E-state index is 8.73. The monoisotopic (exact) mass is 218 g/mol. The van der Waals surface area contributed by atoms with Crippen LogP contribution in [0.5, 0.6) is 5.75 Å². The number of ether oxygens (including phenoxy) is 1. The minimum Gasteiger partial charge on any atom is -0.475 e. The van der Waals surface area contributed by atoms with Gasteiger partial charge in [-0.3, -0.25) is 0 Å². The van der Waals surface area contributed by atoms with Crippen molar-refractivity contribution >= 4 is 0 Å². The molecule has 1 aromatic rings. The average Bonchev–Trinajstić information content (AvgIpc) is 2.23. The number of nitriles is 1. The van der Waals surface area contributed by atoms with Crippen molar-refractivity contribution < 1.29 is 4.74 Å². The molecule has 0 aliphatic heterocycles. The van der Waals surface area contributed by atoms with Crippen molar-refractivity contribution in [3.63, 3.8) is 0 Å². The normalized spacial score (nSPS) is 11.9. The summed E-state index contributed by atoms with van der Waals surface area (Å²) in [4.78, 5) is 0. The lowest BCUT2D eigenvalue weighted by Crippen LogP contribution is -2.11. The average molecular weight is 218 g/mol. The summed E-state index contributed by atoms with van der Waals surface area (Å²) < 4.78 is 5.58. The van der Waals surface area contributed by atoms with Gasteiger partial charge < -0.3 is 10.1 Å². The number of rotatable bonds is 4. The summed E-state index contributed by atoms with van der Waals surface area (Å²) in [6, 6.07) is 6.25. The van der Waals surface area contributed by atoms with E-state index in [9.17, 15) is 0 Å². The summed E-state index contributed by atoms with van der Waals surface area (Å²) in [5.41, 5.74) is 3.38. The quantitative estimate of drug-likeness (QED) is 0.843. The maximum Gasteiger partial charge on any atom is 0.181 e. The molecule has 0 saturated carbocycles. The predicted molar refractivity (Wildman–Crippen MR) is 64.4 cm³/mol. The molecule has 0 amide bonds. The molecule has 1 atom stereocenters. The van der Waals surface area contributed by atoms with Crippen molar-refractivity contribution in [2.75, 3.05) is 7.05 Å². The first-order chi connectivity index (χ1) is 7.58. The molecule has 1 unspecified atom stereocenters. The minimum absolute atomic E-state index is 0.410. The molecule has 0 aliphatic carbocycles. The largest absolute Gasteiger partial charge is 0.475 e. The fourth-order valence-electron chi connectivity index (χ4n) is 1.74. The zero-order valence-corrected chi connectivity index (χ0v) is 10.3. The summed E-state index contributed by atoms with van der Waals surface area (Å²) in [6.45, 7) is 6.60. The van der Waals surface area contributed by atoms with E-state index in [1.165, 1.54) is 5.56 Å². The zero-order chi connectivity index (χ0) is 12.1. The van der Waals surface area contributed by atoms with E-state index in [4.69, 9.17) is 10.00 Å². The first-order valence-electron chi connectivity index (χ1n) is 5.39. The van der Waals surface area contributed by atoms with E-state index < -0.39 is 6.10 Å². The second-order valence-electron chi connectivity index (χ2n) is 3.98. The van der Waals surface area contributed by atoms with E-state index >= 15 is 0 Å². The van der Waals surface area contributed by atoms with Crippen molar-refractivity contribution in [1.29, 1.82) is 5.26 Å². The number of nitrogens with zero attached hydrogens (tertiary/aromatic N) is 1. The molecule has 0 radical (unpaired) electrons. The van der Waals surface area contributed by atoms with Gasteiger partial charge in [-0.2, -0.15) is 5.26 Å². The molecule has 0 aliphatic rings. The highest BCUT2D eigenvalue weighted by atomic mass is 16.5. The number of hydrogen-bond donors (Lipinski definition) is 1. The highest BCUT2D eigenvalue weighted by Gasteiger charge is 2.09. The number of nitrogens with one attached hydrogen (secondary N) is 1. The smallest absolute Gasteiger partial charge is 0.181 e. The van der Waals surface area contributed by atoms with Crippen LogP contribution < -0.4 is 10.1 Å². The van der Waals surface area contributed by atoms with Gasteiger partial charge in [0.05, 0.1) is 0 Å². The Bertz CT molecular complexity index is 384. The third-order valence-corrected chi connectivity index (χ3v) is 2.38.